The van der Waals surface area contributed by atoms with Crippen LogP contribution in [0.4, 0.5) is 0 Å². The lowest BCUT2D eigenvalue weighted by Gasteiger charge is -2.02. The van der Waals surface area contributed by atoms with Crippen LogP contribution in [0.1, 0.15) is 6.42 Å². The van der Waals surface area contributed by atoms with Crippen LogP contribution in [-0.4, -0.2) is 25.7 Å². The van der Waals surface area contributed by atoms with Crippen molar-refractivity contribution < 1.29 is 9.90 Å². The van der Waals surface area contributed by atoms with Gasteiger partial charge in [-0.2, -0.15) is 5.10 Å². The number of aliphatic carboxylic acids is 1. The zero-order chi connectivity index (χ0) is 10.8. The van der Waals surface area contributed by atoms with E-state index in [1.807, 2.05) is 0 Å². The number of aryl methyl sites for hydroxylation is 1. The van der Waals surface area contributed by atoms with Crippen molar-refractivity contribution in [3.63, 3.8) is 0 Å². The second-order valence-corrected chi connectivity index (χ2v) is 2.96. The second kappa shape index (κ2) is 3.52. The van der Waals surface area contributed by atoms with Crippen molar-refractivity contribution in [3.8, 4) is 0 Å². The van der Waals surface area contributed by atoms with Crippen LogP contribution in [0.25, 0.3) is 11.0 Å². The number of rotatable bonds is 3. The second-order valence-electron chi connectivity index (χ2n) is 2.96. The molecule has 0 radical (unpaired) electrons. The minimum atomic E-state index is -1.16. The molecule has 0 atom stereocenters. The van der Waals surface area contributed by atoms with E-state index in [0.29, 0.717) is 11.0 Å². The molecule has 2 heterocycles. The van der Waals surface area contributed by atoms with Gasteiger partial charge >= 0.3 is 0 Å². The molecular formula is C8H7N4O3-. The first-order chi connectivity index (χ1) is 7.18. The Hall–Kier alpha value is -2.18. The SMILES string of the molecule is O=C([O-])CCn1ncc2c(=O)[nH]cnc21. The van der Waals surface area contributed by atoms with Gasteiger partial charge in [-0.3, -0.25) is 4.79 Å². The molecule has 0 fully saturated rings. The van der Waals surface area contributed by atoms with Crippen LogP contribution in [0.3, 0.4) is 0 Å². The highest BCUT2D eigenvalue weighted by molar-refractivity contribution is 5.73. The molecule has 0 amide bonds. The van der Waals surface area contributed by atoms with Crippen molar-refractivity contribution >= 4 is 17.0 Å². The van der Waals surface area contributed by atoms with Crippen LogP contribution in [0, 0.1) is 0 Å². The lowest BCUT2D eigenvalue weighted by atomic mass is 10.4. The first kappa shape index (κ1) is 9.38. The van der Waals surface area contributed by atoms with Gasteiger partial charge in [0.2, 0.25) is 0 Å². The van der Waals surface area contributed by atoms with E-state index >= 15 is 0 Å². The number of fused-ring (bicyclic) bond motifs is 1. The van der Waals surface area contributed by atoms with Crippen molar-refractivity contribution in [3.05, 3.63) is 22.9 Å². The summed E-state index contributed by atoms with van der Waals surface area (Å²) in [6.07, 6.45) is 2.45. The van der Waals surface area contributed by atoms with Gasteiger partial charge in [0.25, 0.3) is 5.56 Å². The molecule has 7 heteroatoms. The van der Waals surface area contributed by atoms with Crippen molar-refractivity contribution in [2.45, 2.75) is 13.0 Å². The smallest absolute Gasteiger partial charge is 0.261 e. The standard InChI is InChI=1S/C8H8N4O3/c13-6(14)1-2-12-7-5(3-11-12)8(15)10-4-9-7/h3-4H,1-2H2,(H,13,14)(H,9,10,15)/p-1. The van der Waals surface area contributed by atoms with Crippen LogP contribution >= 0.6 is 0 Å². The number of aromatic nitrogens is 4. The van der Waals surface area contributed by atoms with E-state index in [0.717, 1.165) is 0 Å². The van der Waals surface area contributed by atoms with Crippen LogP contribution < -0.4 is 10.7 Å². The molecular weight excluding hydrogens is 200 g/mol. The average molecular weight is 207 g/mol. The molecule has 0 aromatic carbocycles. The summed E-state index contributed by atoms with van der Waals surface area (Å²) in [5.74, 6) is -1.16. The monoisotopic (exact) mass is 207 g/mol. The zero-order valence-corrected chi connectivity index (χ0v) is 7.64. The molecule has 0 saturated heterocycles. The lowest BCUT2D eigenvalue weighted by molar-refractivity contribution is -0.305. The summed E-state index contributed by atoms with van der Waals surface area (Å²) in [5, 5.41) is 14.5. The number of aromatic amines is 1. The number of hydrogen-bond acceptors (Lipinski definition) is 5. The van der Waals surface area contributed by atoms with Crippen LogP contribution in [-0.2, 0) is 11.3 Å². The summed E-state index contributed by atoms with van der Waals surface area (Å²) in [4.78, 5) is 27.8. The predicted octanol–water partition coefficient (Wildman–Crippen LogP) is -1.74. The Morgan fingerprint density at radius 3 is 3.13 bits per heavy atom. The van der Waals surface area contributed by atoms with Gasteiger partial charge in [0, 0.05) is 18.9 Å². The maximum Gasteiger partial charge on any atom is 0.261 e. The molecule has 0 aliphatic carbocycles. The van der Waals surface area contributed by atoms with Crippen molar-refractivity contribution in [2.24, 2.45) is 0 Å². The Balaban J connectivity index is 2.41. The van der Waals surface area contributed by atoms with Gasteiger partial charge in [0.1, 0.15) is 5.39 Å². The number of carbonyl (C=O) groups excluding carboxylic acids is 1. The Bertz CT molecular complexity index is 556. The van der Waals surface area contributed by atoms with Crippen molar-refractivity contribution in [1.82, 2.24) is 19.7 Å². The number of hydrogen-bond donors (Lipinski definition) is 1. The topological polar surface area (TPSA) is 104 Å². The van der Waals surface area contributed by atoms with Gasteiger partial charge in [0.15, 0.2) is 5.65 Å². The number of carboxylic acids is 1. The first-order valence-corrected chi connectivity index (χ1v) is 4.27. The summed E-state index contributed by atoms with van der Waals surface area (Å²) in [7, 11) is 0. The average Bonchev–Trinajstić information content (AvgIpc) is 2.59. The molecule has 15 heavy (non-hydrogen) atoms. The fourth-order valence-corrected chi connectivity index (χ4v) is 1.27. The quantitative estimate of drug-likeness (QED) is 0.643. The summed E-state index contributed by atoms with van der Waals surface area (Å²) < 4.78 is 1.36. The van der Waals surface area contributed by atoms with Gasteiger partial charge in [-0.15, -0.1) is 0 Å². The third-order valence-electron chi connectivity index (χ3n) is 1.97. The van der Waals surface area contributed by atoms with E-state index < -0.39 is 5.97 Å². The van der Waals surface area contributed by atoms with Gasteiger partial charge in [-0.05, 0) is 0 Å². The van der Waals surface area contributed by atoms with Crippen LogP contribution in [0.15, 0.2) is 17.3 Å². The zero-order valence-electron chi connectivity index (χ0n) is 7.64. The molecule has 78 valence electrons. The Labute approximate surface area is 83.4 Å². The molecule has 1 N–H and O–H groups in total. The van der Waals surface area contributed by atoms with Gasteiger partial charge < -0.3 is 14.9 Å². The Morgan fingerprint density at radius 2 is 2.40 bits per heavy atom. The van der Waals surface area contributed by atoms with E-state index in [9.17, 15) is 14.7 Å². The number of nitrogens with one attached hydrogen (secondary N) is 1. The van der Waals surface area contributed by atoms with E-state index in [-0.39, 0.29) is 18.5 Å². The van der Waals surface area contributed by atoms with E-state index in [4.69, 9.17) is 0 Å². The maximum atomic E-state index is 11.3. The molecule has 0 unspecified atom stereocenters. The predicted molar refractivity (Wildman–Crippen MR) is 47.8 cm³/mol. The Morgan fingerprint density at radius 1 is 1.60 bits per heavy atom. The summed E-state index contributed by atoms with van der Waals surface area (Å²) in [6, 6.07) is 0. The highest BCUT2D eigenvalue weighted by Crippen LogP contribution is 2.04. The molecule has 2 aromatic heterocycles. The van der Waals surface area contributed by atoms with Gasteiger partial charge in [-0.25, -0.2) is 9.67 Å². The largest absolute Gasteiger partial charge is 0.550 e. The maximum absolute atomic E-state index is 11.3. The van der Waals surface area contributed by atoms with Crippen molar-refractivity contribution in [1.29, 1.82) is 0 Å². The molecule has 0 bridgehead atoms. The van der Waals surface area contributed by atoms with Gasteiger partial charge in [-0.1, -0.05) is 0 Å². The highest BCUT2D eigenvalue weighted by Gasteiger charge is 2.05. The van der Waals surface area contributed by atoms with Crippen molar-refractivity contribution in [2.75, 3.05) is 0 Å². The number of nitrogens with zero attached hydrogens (tertiary/aromatic N) is 3. The number of H-pyrrole nitrogens is 1. The molecule has 0 spiro atoms. The van der Waals surface area contributed by atoms with Crippen LogP contribution in [0.5, 0.6) is 0 Å². The van der Waals surface area contributed by atoms with E-state index in [1.165, 1.54) is 17.2 Å². The minimum absolute atomic E-state index is 0.141. The molecule has 7 nitrogen and oxygen atoms in total. The summed E-state index contributed by atoms with van der Waals surface area (Å²) in [6.45, 7) is 0.141. The number of carbonyl (C=O) groups is 1. The van der Waals surface area contributed by atoms with E-state index in [1.54, 1.807) is 0 Å². The fraction of sp³-hybridized carbons (Fsp3) is 0.250. The fourth-order valence-electron chi connectivity index (χ4n) is 1.27. The minimum Gasteiger partial charge on any atom is -0.550 e. The third-order valence-corrected chi connectivity index (χ3v) is 1.97. The Kier molecular flexibility index (Phi) is 2.20. The normalized spacial score (nSPS) is 10.7. The summed E-state index contributed by atoms with van der Waals surface area (Å²) >= 11 is 0. The molecule has 2 aromatic rings. The third kappa shape index (κ3) is 1.71. The highest BCUT2D eigenvalue weighted by atomic mass is 16.4. The molecule has 2 rings (SSSR count). The van der Waals surface area contributed by atoms with E-state index in [2.05, 4.69) is 15.1 Å². The first-order valence-electron chi connectivity index (χ1n) is 4.27. The molecule has 0 aliphatic heterocycles. The number of carboxylic acid groups (broad SMARTS) is 1. The van der Waals surface area contributed by atoms with Gasteiger partial charge in [0.05, 0.1) is 12.5 Å². The molecule has 0 saturated carbocycles. The van der Waals surface area contributed by atoms with Crippen LogP contribution in [0.2, 0.25) is 0 Å². The molecule has 0 aliphatic rings. The lowest BCUT2D eigenvalue weighted by Crippen LogP contribution is -2.23. The summed E-state index contributed by atoms with van der Waals surface area (Å²) in [5.41, 5.74) is 0.0831.